The number of ether oxygens (including phenoxy) is 1. The minimum absolute atomic E-state index is 0.744. The van der Waals surface area contributed by atoms with Crippen LogP contribution in [0.4, 0.5) is 11.4 Å². The maximum absolute atomic E-state index is 6.13. The van der Waals surface area contributed by atoms with Crippen LogP contribution in [0.1, 0.15) is 59.4 Å². The Morgan fingerprint density at radius 3 is 2.17 bits per heavy atom. The van der Waals surface area contributed by atoms with E-state index in [1.807, 2.05) is 32.0 Å². The van der Waals surface area contributed by atoms with Gasteiger partial charge < -0.3 is 10.1 Å². The van der Waals surface area contributed by atoms with Crippen molar-refractivity contribution in [3.05, 3.63) is 50.9 Å². The van der Waals surface area contributed by atoms with Crippen LogP contribution < -0.4 is 15.5 Å². The van der Waals surface area contributed by atoms with Crippen LogP contribution in [0.15, 0.2) is 45.4 Å². The molecule has 1 aliphatic rings. The van der Waals surface area contributed by atoms with Crippen LogP contribution in [-0.4, -0.2) is 13.7 Å². The summed E-state index contributed by atoms with van der Waals surface area (Å²) in [6, 6.07) is 10.1. The van der Waals surface area contributed by atoms with Crippen molar-refractivity contribution in [2.24, 2.45) is 0 Å². The molecule has 0 saturated heterocycles. The minimum atomic E-state index is 0.744. The van der Waals surface area contributed by atoms with E-state index < -0.39 is 0 Å². The van der Waals surface area contributed by atoms with Gasteiger partial charge in [0.25, 0.3) is 0 Å². The van der Waals surface area contributed by atoms with Crippen molar-refractivity contribution < 1.29 is 15.1 Å². The summed E-state index contributed by atoms with van der Waals surface area (Å²) in [5.74, 6) is 1.55. The fourth-order valence-corrected chi connectivity index (χ4v) is 4.12. The number of halogens is 2. The quantitative estimate of drug-likeness (QED) is 0.289. The highest BCUT2D eigenvalue weighted by atomic mass is 79.9. The number of fused-ring (bicyclic) bond motifs is 1. The fourth-order valence-electron chi connectivity index (χ4n) is 2.73. The van der Waals surface area contributed by atoms with Crippen LogP contribution in [0, 0.1) is 0 Å². The molecule has 0 saturated carbocycles. The molecule has 0 unspecified atom stereocenters. The summed E-state index contributed by atoms with van der Waals surface area (Å²) in [6.07, 6.45) is 5.88. The van der Waals surface area contributed by atoms with Gasteiger partial charge in [0.05, 0.1) is 16.1 Å². The molecule has 0 bridgehead atoms. The van der Waals surface area contributed by atoms with E-state index >= 15 is 0 Å². The molecular weight excluding hydrogens is 508 g/mol. The van der Waals surface area contributed by atoms with Crippen LogP contribution in [0.5, 0.6) is 11.5 Å². The van der Waals surface area contributed by atoms with Crippen molar-refractivity contribution in [2.45, 2.75) is 53.9 Å². The van der Waals surface area contributed by atoms with Gasteiger partial charge in [-0.1, -0.05) is 53.5 Å². The molecule has 166 valence electrons. The number of anilines is 1. The Morgan fingerprint density at radius 1 is 1.00 bits per heavy atom. The van der Waals surface area contributed by atoms with Gasteiger partial charge in [-0.2, -0.15) is 5.48 Å². The topological polar surface area (TPSA) is 47.1 Å². The molecule has 2 aromatic carbocycles. The lowest BCUT2D eigenvalue weighted by atomic mass is 9.98. The van der Waals surface area contributed by atoms with Crippen LogP contribution in [0.25, 0.3) is 5.57 Å². The summed E-state index contributed by atoms with van der Waals surface area (Å²) < 4.78 is 7.85. The largest absolute Gasteiger partial charge is 0.455 e. The Labute approximate surface area is 198 Å². The Hall–Kier alpha value is -1.34. The molecule has 0 aromatic heterocycles. The maximum Gasteiger partial charge on any atom is 0.164 e. The van der Waals surface area contributed by atoms with Gasteiger partial charge in [-0.15, -0.1) is 0 Å². The maximum atomic E-state index is 6.13. The van der Waals surface area contributed by atoms with E-state index in [2.05, 4.69) is 76.2 Å². The molecule has 0 spiro atoms. The van der Waals surface area contributed by atoms with Gasteiger partial charge in [-0.05, 0) is 62.1 Å². The normalized spacial score (nSPS) is 11.7. The van der Waals surface area contributed by atoms with E-state index in [4.69, 9.17) is 9.57 Å². The zero-order valence-electron chi connectivity index (χ0n) is 18.9. The molecule has 0 aliphatic carbocycles. The first-order valence-electron chi connectivity index (χ1n) is 10.6. The van der Waals surface area contributed by atoms with Crippen molar-refractivity contribution in [1.29, 1.82) is 0 Å². The lowest BCUT2D eigenvalue weighted by molar-refractivity contribution is -0.830. The summed E-state index contributed by atoms with van der Waals surface area (Å²) in [6.45, 7) is 11.4. The highest BCUT2D eigenvalue weighted by Crippen LogP contribution is 2.40. The number of quaternary nitrogens is 1. The molecule has 3 N–H and O–H groups in total. The second-order valence-electron chi connectivity index (χ2n) is 6.44. The summed E-state index contributed by atoms with van der Waals surface area (Å²) in [5, 5.41) is 3.39. The first-order valence-corrected chi connectivity index (χ1v) is 12.2. The number of benzene rings is 2. The van der Waals surface area contributed by atoms with Gasteiger partial charge in [-0.25, -0.2) is 4.84 Å². The smallest absolute Gasteiger partial charge is 0.164 e. The molecule has 4 nitrogen and oxygen atoms in total. The second-order valence-corrected chi connectivity index (χ2v) is 8.15. The summed E-state index contributed by atoms with van der Waals surface area (Å²) in [4.78, 5) is 5.06. The molecule has 3 rings (SSSR count). The predicted molar refractivity (Wildman–Crippen MR) is 136 cm³/mol. The van der Waals surface area contributed by atoms with Crippen LogP contribution in [0.2, 0.25) is 0 Å². The molecule has 1 heterocycles. The molecule has 0 amide bonds. The van der Waals surface area contributed by atoms with E-state index in [0.29, 0.717) is 0 Å². The standard InChI is InChI=1S/C18H18Br2N2O2.C4H10.C2H6/c1-3-11-6-7-21-17-5-4-13(10-14(11)17)24-18-15(19)8-12(22-23-2)9-16(18)20;1-3-4-2;1-2/h4-6,8-10,21-22H,3,7H2,1-2H3;3-4H2,1-2H3;1-2H3/p+1. The Kier molecular flexibility index (Phi) is 13.0. The summed E-state index contributed by atoms with van der Waals surface area (Å²) >= 11 is 7.14. The zero-order chi connectivity index (χ0) is 22.5. The Balaban J connectivity index is 0.000000673. The van der Waals surface area contributed by atoms with Crippen molar-refractivity contribution in [1.82, 2.24) is 0 Å². The lowest BCUT2D eigenvalue weighted by Crippen LogP contribution is -2.75. The molecule has 2 aromatic rings. The third-order valence-corrected chi connectivity index (χ3v) is 5.53. The van der Waals surface area contributed by atoms with Crippen molar-refractivity contribution in [3.8, 4) is 11.5 Å². The molecule has 1 aliphatic heterocycles. The van der Waals surface area contributed by atoms with Gasteiger partial charge in [0.15, 0.2) is 11.4 Å². The number of rotatable bonds is 6. The van der Waals surface area contributed by atoms with Crippen LogP contribution >= 0.6 is 31.9 Å². The third-order valence-electron chi connectivity index (χ3n) is 4.35. The molecule has 0 atom stereocenters. The first-order chi connectivity index (χ1) is 14.5. The van der Waals surface area contributed by atoms with E-state index in [0.717, 1.165) is 44.8 Å². The van der Waals surface area contributed by atoms with Crippen molar-refractivity contribution in [3.63, 3.8) is 0 Å². The average Bonchev–Trinajstić information content (AvgIpc) is 2.77. The molecule has 0 radical (unpaired) electrons. The summed E-state index contributed by atoms with van der Waals surface area (Å²) in [5.41, 5.74) is 6.34. The monoisotopic (exact) mass is 541 g/mol. The molecular formula is C24H35Br2N2O2+. The van der Waals surface area contributed by atoms with Gasteiger partial charge in [0, 0.05) is 29.9 Å². The van der Waals surface area contributed by atoms with Gasteiger partial charge in [0.1, 0.15) is 5.75 Å². The second kappa shape index (κ2) is 14.6. The zero-order valence-corrected chi connectivity index (χ0v) is 22.1. The fraction of sp³-hybridized carbons (Fsp3) is 0.417. The average molecular weight is 543 g/mol. The van der Waals surface area contributed by atoms with Gasteiger partial charge in [-0.3, -0.25) is 0 Å². The van der Waals surface area contributed by atoms with Gasteiger partial charge >= 0.3 is 0 Å². The van der Waals surface area contributed by atoms with Crippen LogP contribution in [-0.2, 0) is 4.84 Å². The Bertz CT molecular complexity index is 798. The number of unbranched alkanes of at least 4 members (excludes halogenated alkanes) is 1. The van der Waals surface area contributed by atoms with E-state index in [-0.39, 0.29) is 0 Å². The number of nitrogens with two attached hydrogens (primary N) is 1. The van der Waals surface area contributed by atoms with Crippen molar-refractivity contribution >= 4 is 48.8 Å². The summed E-state index contributed by atoms with van der Waals surface area (Å²) in [7, 11) is 1.63. The Morgan fingerprint density at radius 2 is 1.63 bits per heavy atom. The van der Waals surface area contributed by atoms with Crippen molar-refractivity contribution in [2.75, 3.05) is 19.0 Å². The first kappa shape index (κ1) is 26.7. The van der Waals surface area contributed by atoms with E-state index in [1.54, 1.807) is 12.6 Å². The lowest BCUT2D eigenvalue weighted by Gasteiger charge is -2.20. The highest BCUT2D eigenvalue weighted by molar-refractivity contribution is 9.11. The third kappa shape index (κ3) is 7.73. The van der Waals surface area contributed by atoms with E-state index in [9.17, 15) is 0 Å². The van der Waals surface area contributed by atoms with E-state index in [1.165, 1.54) is 24.0 Å². The van der Waals surface area contributed by atoms with Gasteiger partial charge in [0.2, 0.25) is 0 Å². The number of allylic oxidation sites excluding steroid dienone is 1. The number of nitrogens with one attached hydrogen (secondary N) is 1. The SMILES string of the molecule is CC.CCC1=CCNc2ccc(Oc3c(Br)cc([NH2+]OC)cc3Br)cc21.CCCC. The van der Waals surface area contributed by atoms with Crippen LogP contribution in [0.3, 0.4) is 0 Å². The molecule has 0 fully saturated rings. The minimum Gasteiger partial charge on any atom is -0.455 e. The molecule has 30 heavy (non-hydrogen) atoms. The number of hydrogen-bond donors (Lipinski definition) is 2. The molecule has 6 heteroatoms. The predicted octanol–water partition coefficient (Wildman–Crippen LogP) is 7.81. The number of hydrogen-bond acceptors (Lipinski definition) is 3. The highest BCUT2D eigenvalue weighted by Gasteiger charge is 2.15.